The second kappa shape index (κ2) is 9.44. The standard InChI is InChI=1S/C17H28BrNO2/c1-12(2)6-5-7-21-11-16(20)10-19-15-8-13(3)17(18)14(4)9-15/h8-9,12,16,19-20H,5-7,10-11H2,1-4H3. The molecule has 0 aromatic heterocycles. The lowest BCUT2D eigenvalue weighted by Crippen LogP contribution is -2.25. The summed E-state index contributed by atoms with van der Waals surface area (Å²) < 4.78 is 6.64. The van der Waals surface area contributed by atoms with Crippen LogP contribution in [0.5, 0.6) is 0 Å². The molecule has 1 aromatic carbocycles. The number of hydrogen-bond donors (Lipinski definition) is 2. The topological polar surface area (TPSA) is 41.5 Å². The molecular weight excluding hydrogens is 330 g/mol. The van der Waals surface area contributed by atoms with Crippen molar-refractivity contribution in [3.05, 3.63) is 27.7 Å². The lowest BCUT2D eigenvalue weighted by Gasteiger charge is -2.15. The third-order valence-electron chi connectivity index (χ3n) is 3.36. The van der Waals surface area contributed by atoms with Gasteiger partial charge >= 0.3 is 0 Å². The Labute approximate surface area is 137 Å². The van der Waals surface area contributed by atoms with Gasteiger partial charge in [0.1, 0.15) is 0 Å². The quantitative estimate of drug-likeness (QED) is 0.647. The van der Waals surface area contributed by atoms with E-state index in [0.717, 1.165) is 23.2 Å². The molecule has 1 unspecified atom stereocenters. The highest BCUT2D eigenvalue weighted by Gasteiger charge is 2.06. The van der Waals surface area contributed by atoms with Crippen molar-refractivity contribution >= 4 is 21.6 Å². The Bertz CT molecular complexity index is 412. The molecule has 0 bridgehead atoms. The van der Waals surface area contributed by atoms with E-state index in [1.54, 1.807) is 0 Å². The van der Waals surface area contributed by atoms with Gasteiger partial charge in [-0.05, 0) is 55.9 Å². The number of aliphatic hydroxyl groups excluding tert-OH is 1. The fourth-order valence-electron chi connectivity index (χ4n) is 2.16. The Morgan fingerprint density at radius 3 is 2.43 bits per heavy atom. The number of aliphatic hydroxyl groups is 1. The minimum Gasteiger partial charge on any atom is -0.389 e. The van der Waals surface area contributed by atoms with Gasteiger partial charge in [0, 0.05) is 23.3 Å². The van der Waals surface area contributed by atoms with Crippen LogP contribution in [0.3, 0.4) is 0 Å². The fourth-order valence-corrected chi connectivity index (χ4v) is 2.38. The number of hydrogen-bond acceptors (Lipinski definition) is 3. The van der Waals surface area contributed by atoms with Gasteiger partial charge in [-0.25, -0.2) is 0 Å². The molecule has 1 rings (SSSR count). The first-order valence-electron chi connectivity index (χ1n) is 7.66. The van der Waals surface area contributed by atoms with E-state index in [1.165, 1.54) is 17.5 Å². The normalized spacial score (nSPS) is 12.7. The number of ether oxygens (including phenoxy) is 1. The van der Waals surface area contributed by atoms with E-state index in [9.17, 15) is 5.11 Å². The monoisotopic (exact) mass is 357 g/mol. The third kappa shape index (κ3) is 7.30. The average molecular weight is 358 g/mol. The summed E-state index contributed by atoms with van der Waals surface area (Å²) in [6.45, 7) is 10.2. The summed E-state index contributed by atoms with van der Waals surface area (Å²) in [7, 11) is 0. The smallest absolute Gasteiger partial charge is 0.0945 e. The zero-order chi connectivity index (χ0) is 15.8. The molecule has 0 saturated carbocycles. The SMILES string of the molecule is Cc1cc(NCC(O)COCCCC(C)C)cc(C)c1Br. The van der Waals surface area contributed by atoms with E-state index in [-0.39, 0.29) is 0 Å². The van der Waals surface area contributed by atoms with E-state index >= 15 is 0 Å². The number of benzene rings is 1. The first-order chi connectivity index (χ1) is 9.90. The Morgan fingerprint density at radius 1 is 1.24 bits per heavy atom. The van der Waals surface area contributed by atoms with Crippen molar-refractivity contribution < 1.29 is 9.84 Å². The van der Waals surface area contributed by atoms with Crippen molar-refractivity contribution in [1.29, 1.82) is 0 Å². The maximum atomic E-state index is 9.92. The lowest BCUT2D eigenvalue weighted by molar-refractivity contribution is 0.0409. The minimum atomic E-state index is -0.478. The van der Waals surface area contributed by atoms with Gasteiger partial charge in [0.25, 0.3) is 0 Å². The van der Waals surface area contributed by atoms with Crippen LogP contribution in [0.1, 0.15) is 37.8 Å². The number of rotatable bonds is 9. The van der Waals surface area contributed by atoms with Gasteiger partial charge in [-0.15, -0.1) is 0 Å². The van der Waals surface area contributed by atoms with Crippen LogP contribution in [0.25, 0.3) is 0 Å². The van der Waals surface area contributed by atoms with E-state index in [4.69, 9.17) is 4.74 Å². The van der Waals surface area contributed by atoms with Crippen LogP contribution in [0, 0.1) is 19.8 Å². The van der Waals surface area contributed by atoms with Crippen LogP contribution in [0.15, 0.2) is 16.6 Å². The molecule has 0 saturated heterocycles. The summed E-state index contributed by atoms with van der Waals surface area (Å²) in [5, 5.41) is 13.2. The number of halogens is 1. The van der Waals surface area contributed by atoms with E-state index in [2.05, 4.69) is 61.1 Å². The molecule has 4 heteroatoms. The lowest BCUT2D eigenvalue weighted by atomic mass is 10.1. The predicted octanol–water partition coefficient (Wildman–Crippen LogP) is 4.29. The molecular formula is C17H28BrNO2. The predicted molar refractivity (Wildman–Crippen MR) is 93.0 cm³/mol. The van der Waals surface area contributed by atoms with Crippen LogP contribution >= 0.6 is 15.9 Å². The maximum Gasteiger partial charge on any atom is 0.0945 e. The summed E-state index contributed by atoms with van der Waals surface area (Å²) >= 11 is 3.56. The van der Waals surface area contributed by atoms with Crippen LogP contribution in [0.2, 0.25) is 0 Å². The molecule has 3 nitrogen and oxygen atoms in total. The van der Waals surface area contributed by atoms with Crippen molar-refractivity contribution in [3.8, 4) is 0 Å². The molecule has 0 heterocycles. The Hall–Kier alpha value is -0.580. The second-order valence-electron chi connectivity index (χ2n) is 6.07. The van der Waals surface area contributed by atoms with Crippen molar-refractivity contribution in [3.63, 3.8) is 0 Å². The summed E-state index contributed by atoms with van der Waals surface area (Å²) in [5.74, 6) is 0.712. The van der Waals surface area contributed by atoms with Gasteiger partial charge in [0.2, 0.25) is 0 Å². The molecule has 0 spiro atoms. The van der Waals surface area contributed by atoms with Crippen LogP contribution in [0.4, 0.5) is 5.69 Å². The Balaban J connectivity index is 2.25. The molecule has 2 N–H and O–H groups in total. The highest BCUT2D eigenvalue weighted by molar-refractivity contribution is 9.10. The first kappa shape index (κ1) is 18.5. The Kier molecular flexibility index (Phi) is 8.30. The van der Waals surface area contributed by atoms with Gasteiger partial charge in [-0.2, -0.15) is 0 Å². The number of anilines is 1. The first-order valence-corrected chi connectivity index (χ1v) is 8.46. The van der Waals surface area contributed by atoms with Crippen LogP contribution in [-0.2, 0) is 4.74 Å². The molecule has 21 heavy (non-hydrogen) atoms. The van der Waals surface area contributed by atoms with Gasteiger partial charge in [-0.3, -0.25) is 0 Å². The summed E-state index contributed by atoms with van der Waals surface area (Å²) in [4.78, 5) is 0. The zero-order valence-electron chi connectivity index (χ0n) is 13.6. The molecule has 0 fully saturated rings. The maximum absolute atomic E-state index is 9.92. The summed E-state index contributed by atoms with van der Waals surface area (Å²) in [5.41, 5.74) is 3.42. The van der Waals surface area contributed by atoms with Gasteiger partial charge in [0.05, 0.1) is 12.7 Å². The zero-order valence-corrected chi connectivity index (χ0v) is 15.2. The van der Waals surface area contributed by atoms with Crippen molar-refractivity contribution in [1.82, 2.24) is 0 Å². The number of nitrogens with one attached hydrogen (secondary N) is 1. The summed E-state index contributed by atoms with van der Waals surface area (Å²) in [6, 6.07) is 4.15. The molecule has 1 aromatic rings. The van der Waals surface area contributed by atoms with Crippen molar-refractivity contribution in [2.24, 2.45) is 5.92 Å². The van der Waals surface area contributed by atoms with E-state index < -0.39 is 6.10 Å². The largest absolute Gasteiger partial charge is 0.389 e. The highest BCUT2D eigenvalue weighted by atomic mass is 79.9. The van der Waals surface area contributed by atoms with Crippen LogP contribution < -0.4 is 5.32 Å². The van der Waals surface area contributed by atoms with Gasteiger partial charge in [-0.1, -0.05) is 29.8 Å². The second-order valence-corrected chi connectivity index (χ2v) is 6.86. The molecule has 0 aliphatic heterocycles. The summed E-state index contributed by atoms with van der Waals surface area (Å²) in [6.07, 6.45) is 1.75. The fraction of sp³-hybridized carbons (Fsp3) is 0.647. The molecule has 0 aliphatic rings. The van der Waals surface area contributed by atoms with Crippen LogP contribution in [-0.4, -0.2) is 31.0 Å². The van der Waals surface area contributed by atoms with Gasteiger partial charge < -0.3 is 15.2 Å². The minimum absolute atomic E-state index is 0.388. The Morgan fingerprint density at radius 2 is 1.86 bits per heavy atom. The molecule has 0 radical (unpaired) electrons. The van der Waals surface area contributed by atoms with E-state index in [0.29, 0.717) is 19.1 Å². The number of aryl methyl sites for hydroxylation is 2. The van der Waals surface area contributed by atoms with E-state index in [1.807, 2.05) is 0 Å². The average Bonchev–Trinajstić information content (AvgIpc) is 2.41. The molecule has 0 aliphatic carbocycles. The molecule has 0 amide bonds. The van der Waals surface area contributed by atoms with Gasteiger partial charge in [0.15, 0.2) is 0 Å². The van der Waals surface area contributed by atoms with Crippen molar-refractivity contribution in [2.45, 2.75) is 46.6 Å². The highest BCUT2D eigenvalue weighted by Crippen LogP contribution is 2.24. The molecule has 120 valence electrons. The van der Waals surface area contributed by atoms with Crippen molar-refractivity contribution in [2.75, 3.05) is 25.1 Å². The third-order valence-corrected chi connectivity index (χ3v) is 4.61. The molecule has 1 atom stereocenters.